The average Bonchev–Trinajstić information content (AvgIpc) is 3.22. The van der Waals surface area contributed by atoms with Gasteiger partial charge in [-0.25, -0.2) is 0 Å². The lowest BCUT2D eigenvalue weighted by Gasteiger charge is -2.09. The fraction of sp³-hybridized carbons (Fsp3) is 0.333. The summed E-state index contributed by atoms with van der Waals surface area (Å²) in [5, 5.41) is 26.1. The highest BCUT2D eigenvalue weighted by molar-refractivity contribution is 7.99. The lowest BCUT2D eigenvalue weighted by Crippen LogP contribution is -2.16. The first-order valence-corrected chi connectivity index (χ1v) is 10.9. The van der Waals surface area contributed by atoms with Gasteiger partial charge in [-0.1, -0.05) is 37.2 Å². The van der Waals surface area contributed by atoms with E-state index in [9.17, 15) is 14.9 Å². The largest absolute Gasteiger partial charge is 0.320 e. The van der Waals surface area contributed by atoms with Crippen LogP contribution in [-0.4, -0.2) is 36.8 Å². The van der Waals surface area contributed by atoms with Crippen LogP contribution >= 0.6 is 11.8 Å². The molecule has 1 N–H and O–H groups in total. The van der Waals surface area contributed by atoms with Crippen molar-refractivity contribution in [2.24, 2.45) is 0 Å². The van der Waals surface area contributed by atoms with Crippen LogP contribution in [0.2, 0.25) is 0 Å². The summed E-state index contributed by atoms with van der Waals surface area (Å²) < 4.78 is 1.57. The zero-order valence-electron chi connectivity index (χ0n) is 17.7. The summed E-state index contributed by atoms with van der Waals surface area (Å²) in [6.45, 7) is 5.79. The molecule has 0 saturated heterocycles. The van der Waals surface area contributed by atoms with Crippen LogP contribution in [0, 0.1) is 24.0 Å². The maximum Gasteiger partial charge on any atom is 0.293 e. The molecule has 9 nitrogen and oxygen atoms in total. The normalized spacial score (nSPS) is 10.8. The smallest absolute Gasteiger partial charge is 0.293 e. The van der Waals surface area contributed by atoms with E-state index < -0.39 is 4.92 Å². The number of hydrogen-bond donors (Lipinski definition) is 1. The Hall–Kier alpha value is -3.27. The fourth-order valence-electron chi connectivity index (χ4n) is 2.98. The summed E-state index contributed by atoms with van der Waals surface area (Å²) >= 11 is 1.16. The molecule has 162 valence electrons. The van der Waals surface area contributed by atoms with Gasteiger partial charge < -0.3 is 5.32 Å². The number of thioether (sulfide) groups is 1. The molecule has 0 spiro atoms. The van der Waals surface area contributed by atoms with E-state index >= 15 is 0 Å². The lowest BCUT2D eigenvalue weighted by atomic mass is 10.1. The number of nitro groups is 1. The number of tetrazole rings is 1. The van der Waals surface area contributed by atoms with E-state index in [4.69, 9.17) is 0 Å². The van der Waals surface area contributed by atoms with Crippen molar-refractivity contribution >= 4 is 29.0 Å². The number of anilines is 1. The number of nitrogens with one attached hydrogen (secondary N) is 1. The molecule has 2 aromatic carbocycles. The Balaban J connectivity index is 1.67. The van der Waals surface area contributed by atoms with Crippen LogP contribution in [0.5, 0.6) is 0 Å². The second-order valence-corrected chi connectivity index (χ2v) is 8.13. The zero-order valence-corrected chi connectivity index (χ0v) is 18.5. The summed E-state index contributed by atoms with van der Waals surface area (Å²) in [6.07, 6.45) is 3.31. The molecule has 0 bridgehead atoms. The topological polar surface area (TPSA) is 116 Å². The number of hydrogen-bond acceptors (Lipinski definition) is 7. The van der Waals surface area contributed by atoms with Crippen molar-refractivity contribution in [2.75, 3.05) is 11.1 Å². The van der Waals surface area contributed by atoms with E-state index in [1.165, 1.54) is 11.6 Å². The van der Waals surface area contributed by atoms with Crippen molar-refractivity contribution in [3.63, 3.8) is 0 Å². The second-order valence-electron chi connectivity index (χ2n) is 7.19. The highest BCUT2D eigenvalue weighted by atomic mass is 32.2. The molecular formula is C21H24N6O3S. The summed E-state index contributed by atoms with van der Waals surface area (Å²) in [7, 11) is 0. The Bertz CT molecular complexity index is 1080. The van der Waals surface area contributed by atoms with Crippen molar-refractivity contribution in [1.82, 2.24) is 20.2 Å². The molecule has 1 amide bonds. The molecule has 0 fully saturated rings. The van der Waals surface area contributed by atoms with Gasteiger partial charge in [0.05, 0.1) is 16.4 Å². The number of benzene rings is 2. The lowest BCUT2D eigenvalue weighted by molar-refractivity contribution is -0.384. The minimum Gasteiger partial charge on any atom is -0.320 e. The van der Waals surface area contributed by atoms with Crippen molar-refractivity contribution in [3.8, 4) is 5.69 Å². The van der Waals surface area contributed by atoms with E-state index in [2.05, 4.69) is 27.8 Å². The minimum absolute atomic E-state index is 0.0129. The number of carbonyl (C=O) groups is 1. The number of carbonyl (C=O) groups excluding carboxylic acids is 1. The Labute approximate surface area is 184 Å². The third kappa shape index (κ3) is 5.66. The summed E-state index contributed by atoms with van der Waals surface area (Å²) in [6, 6.07) is 11.1. The first-order valence-electron chi connectivity index (χ1n) is 9.95. The predicted octanol–water partition coefficient (Wildman–Crippen LogP) is 4.26. The van der Waals surface area contributed by atoms with Crippen LogP contribution in [0.25, 0.3) is 5.69 Å². The van der Waals surface area contributed by atoms with Gasteiger partial charge in [0.1, 0.15) is 5.69 Å². The Morgan fingerprint density at radius 1 is 1.19 bits per heavy atom. The van der Waals surface area contributed by atoms with Gasteiger partial charge in [0.2, 0.25) is 11.1 Å². The second kappa shape index (κ2) is 10.2. The van der Waals surface area contributed by atoms with Gasteiger partial charge in [0.25, 0.3) is 5.69 Å². The van der Waals surface area contributed by atoms with Gasteiger partial charge in [-0.15, -0.1) is 5.10 Å². The standard InChI is InChI=1S/C21H24N6O3S/c1-4-5-6-16-7-9-17(10-8-16)26-21(23-24-25-26)31-13-20(28)22-18-11-14(2)15(3)12-19(18)27(29)30/h7-12H,4-6,13H2,1-3H3,(H,22,28). The highest BCUT2D eigenvalue weighted by Crippen LogP contribution is 2.28. The highest BCUT2D eigenvalue weighted by Gasteiger charge is 2.18. The van der Waals surface area contributed by atoms with Crippen LogP contribution in [0.15, 0.2) is 41.6 Å². The van der Waals surface area contributed by atoms with Gasteiger partial charge in [-0.3, -0.25) is 14.9 Å². The van der Waals surface area contributed by atoms with Crippen LogP contribution in [-0.2, 0) is 11.2 Å². The van der Waals surface area contributed by atoms with Crippen LogP contribution in [0.4, 0.5) is 11.4 Å². The van der Waals surface area contributed by atoms with E-state index in [-0.39, 0.29) is 23.0 Å². The van der Waals surface area contributed by atoms with Crippen molar-refractivity contribution in [3.05, 3.63) is 63.2 Å². The SMILES string of the molecule is CCCCc1ccc(-n2nnnc2SCC(=O)Nc2cc(C)c(C)cc2[N+](=O)[O-])cc1. The van der Waals surface area contributed by atoms with E-state index in [1.807, 2.05) is 31.2 Å². The van der Waals surface area contributed by atoms with Crippen LogP contribution in [0.3, 0.4) is 0 Å². The summed E-state index contributed by atoms with van der Waals surface area (Å²) in [4.78, 5) is 23.3. The molecule has 0 atom stereocenters. The van der Waals surface area contributed by atoms with Gasteiger partial charge >= 0.3 is 0 Å². The predicted molar refractivity (Wildman–Crippen MR) is 120 cm³/mol. The molecule has 0 radical (unpaired) electrons. The third-order valence-corrected chi connectivity index (χ3v) is 5.78. The van der Waals surface area contributed by atoms with E-state index in [0.29, 0.717) is 5.16 Å². The zero-order chi connectivity index (χ0) is 22.4. The molecule has 1 aromatic heterocycles. The molecule has 0 aliphatic carbocycles. The molecule has 0 unspecified atom stereocenters. The van der Waals surface area contributed by atoms with Crippen LogP contribution < -0.4 is 5.32 Å². The Morgan fingerprint density at radius 3 is 2.58 bits per heavy atom. The number of unbranched alkanes of at least 4 members (excludes halogenated alkanes) is 1. The Morgan fingerprint density at radius 2 is 1.90 bits per heavy atom. The molecule has 3 rings (SSSR count). The maximum absolute atomic E-state index is 12.4. The first-order chi connectivity index (χ1) is 14.9. The molecule has 3 aromatic rings. The Kier molecular flexibility index (Phi) is 7.35. The van der Waals surface area contributed by atoms with Gasteiger partial charge in [0.15, 0.2) is 0 Å². The molecule has 1 heterocycles. The maximum atomic E-state index is 12.4. The molecule has 0 aliphatic rings. The first kappa shape index (κ1) is 22.4. The molecule has 0 saturated carbocycles. The fourth-order valence-corrected chi connectivity index (χ4v) is 3.68. The quantitative estimate of drug-likeness (QED) is 0.300. The average molecular weight is 441 g/mol. The number of rotatable bonds is 9. The molecule has 0 aliphatic heterocycles. The van der Waals surface area contributed by atoms with Crippen molar-refractivity contribution in [1.29, 1.82) is 0 Å². The number of nitro benzene ring substituents is 1. The monoisotopic (exact) mass is 440 g/mol. The third-order valence-electron chi connectivity index (χ3n) is 4.86. The number of aryl methyl sites for hydroxylation is 3. The number of amides is 1. The summed E-state index contributed by atoms with van der Waals surface area (Å²) in [5.74, 6) is -0.361. The van der Waals surface area contributed by atoms with Crippen molar-refractivity contribution < 1.29 is 9.72 Å². The van der Waals surface area contributed by atoms with Gasteiger partial charge in [-0.05, 0) is 72.0 Å². The van der Waals surface area contributed by atoms with Crippen LogP contribution in [0.1, 0.15) is 36.5 Å². The molecule has 31 heavy (non-hydrogen) atoms. The molecule has 10 heteroatoms. The van der Waals surface area contributed by atoms with E-state index in [1.54, 1.807) is 17.7 Å². The number of nitrogens with zero attached hydrogens (tertiary/aromatic N) is 5. The molecular weight excluding hydrogens is 416 g/mol. The van der Waals surface area contributed by atoms with Gasteiger partial charge in [-0.2, -0.15) is 4.68 Å². The summed E-state index contributed by atoms with van der Waals surface area (Å²) in [5.41, 5.74) is 3.76. The number of aromatic nitrogens is 4. The van der Waals surface area contributed by atoms with E-state index in [0.717, 1.165) is 47.8 Å². The van der Waals surface area contributed by atoms with Crippen molar-refractivity contribution in [2.45, 2.75) is 45.2 Å². The minimum atomic E-state index is -0.500. The van der Waals surface area contributed by atoms with Gasteiger partial charge in [0, 0.05) is 6.07 Å².